The Bertz CT molecular complexity index is 1390. The monoisotopic (exact) mass is 598 g/mol. The van der Waals surface area contributed by atoms with Gasteiger partial charge in [-0.15, -0.1) is 0 Å². The van der Waals surface area contributed by atoms with Crippen molar-refractivity contribution in [2.75, 3.05) is 30.4 Å². The average molecular weight is 599 g/mol. The molecule has 1 unspecified atom stereocenters. The number of carbonyl (C=O) groups is 2. The Labute approximate surface area is 248 Å². The number of carbonyl (C=O) groups excluding carboxylic acids is 1. The molecule has 10 heteroatoms. The van der Waals surface area contributed by atoms with Gasteiger partial charge in [-0.2, -0.15) is 10.6 Å². The minimum atomic E-state index is -2.45. The maximum absolute atomic E-state index is 12.8. The lowest BCUT2D eigenvalue weighted by atomic mass is 9.82. The number of nitrogens with zero attached hydrogens (tertiary/aromatic N) is 1. The first-order valence-corrected chi connectivity index (χ1v) is 16.8. The molecule has 0 radical (unpaired) electrons. The van der Waals surface area contributed by atoms with Crippen LogP contribution in [0.15, 0.2) is 46.9 Å². The van der Waals surface area contributed by atoms with Crippen LogP contribution in [0.4, 0.5) is 5.69 Å². The molecule has 9 nitrogen and oxygen atoms in total. The molecule has 1 saturated heterocycles. The van der Waals surface area contributed by atoms with Crippen LogP contribution >= 0.6 is 10.6 Å². The minimum absolute atomic E-state index is 0.0301. The Morgan fingerprint density at radius 3 is 2.40 bits per heavy atom. The molecular weight excluding hydrogens is 556 g/mol. The summed E-state index contributed by atoms with van der Waals surface area (Å²) in [7, 11) is -0.835. The van der Waals surface area contributed by atoms with Gasteiger partial charge in [-0.1, -0.05) is 19.3 Å². The van der Waals surface area contributed by atoms with E-state index >= 15 is 0 Å². The molecule has 2 aliphatic rings. The Morgan fingerprint density at radius 2 is 1.74 bits per heavy atom. The summed E-state index contributed by atoms with van der Waals surface area (Å²) in [4.78, 5) is 25.1. The van der Waals surface area contributed by atoms with Crippen molar-refractivity contribution in [2.45, 2.75) is 70.4 Å². The van der Waals surface area contributed by atoms with Crippen LogP contribution in [-0.4, -0.2) is 62.2 Å². The van der Waals surface area contributed by atoms with Gasteiger partial charge >= 0.3 is 5.97 Å². The predicted octanol–water partition coefficient (Wildman–Crippen LogP) is 7.31. The van der Waals surface area contributed by atoms with Crippen LogP contribution in [0.2, 0.25) is 0 Å². The number of benzene rings is 2. The molecular formula is C32H42N2O7S. The quantitative estimate of drug-likeness (QED) is 0.191. The smallest absolute Gasteiger partial charge is 0.305 e. The predicted molar refractivity (Wildman–Crippen MR) is 166 cm³/mol. The van der Waals surface area contributed by atoms with Gasteiger partial charge in [-0.3, -0.25) is 18.7 Å². The summed E-state index contributed by atoms with van der Waals surface area (Å²) in [5.41, 5.74) is 3.28. The third kappa shape index (κ3) is 7.22. The Balaban J connectivity index is 1.35. The fraction of sp³-hybridized carbons (Fsp3) is 0.500. The van der Waals surface area contributed by atoms with Crippen molar-refractivity contribution in [1.82, 2.24) is 4.90 Å². The highest BCUT2D eigenvalue weighted by Crippen LogP contribution is 2.45. The van der Waals surface area contributed by atoms with E-state index in [-0.39, 0.29) is 31.0 Å². The van der Waals surface area contributed by atoms with Gasteiger partial charge in [0.2, 0.25) is 0 Å². The molecule has 5 rings (SSSR count). The van der Waals surface area contributed by atoms with Crippen molar-refractivity contribution in [3.05, 3.63) is 59.4 Å². The van der Waals surface area contributed by atoms with Gasteiger partial charge in [0.15, 0.2) is 0 Å². The molecule has 1 aliphatic heterocycles. The maximum Gasteiger partial charge on any atom is 0.305 e. The molecule has 2 fully saturated rings. The van der Waals surface area contributed by atoms with Crippen molar-refractivity contribution in [1.29, 1.82) is 0 Å². The third-order valence-electron chi connectivity index (χ3n) is 8.65. The molecule has 228 valence electrons. The number of rotatable bonds is 10. The SMILES string of the molecule is Cc1c(C(Nc2ccc(C(=O)N(C)CCC(=O)O)cc2)C2CCCCC2)oc2ccc(OC3CCS(O)(O)CC3)cc12. The second kappa shape index (κ2) is 13.0. The number of ether oxygens (including phenoxy) is 1. The number of hydrogen-bond acceptors (Lipinski definition) is 7. The highest BCUT2D eigenvalue weighted by Gasteiger charge is 2.31. The summed E-state index contributed by atoms with van der Waals surface area (Å²) < 4.78 is 32.6. The largest absolute Gasteiger partial charge is 0.490 e. The van der Waals surface area contributed by atoms with Gasteiger partial charge in [0.25, 0.3) is 5.91 Å². The number of carboxylic acid groups (broad SMARTS) is 1. The van der Waals surface area contributed by atoms with E-state index in [1.165, 1.54) is 24.2 Å². The summed E-state index contributed by atoms with van der Waals surface area (Å²) in [5.74, 6) is 1.71. The topological polar surface area (TPSA) is 132 Å². The van der Waals surface area contributed by atoms with Gasteiger partial charge in [0, 0.05) is 60.1 Å². The number of fused-ring (bicyclic) bond motifs is 1. The first kappa shape index (κ1) is 30.3. The summed E-state index contributed by atoms with van der Waals surface area (Å²) in [6.07, 6.45) is 6.96. The molecule has 2 heterocycles. The third-order valence-corrected chi connectivity index (χ3v) is 10.4. The number of aryl methyl sites for hydroxylation is 1. The Hall–Kier alpha value is -3.21. The number of furan rings is 1. The number of nitrogens with one attached hydrogen (secondary N) is 1. The Morgan fingerprint density at radius 1 is 1.05 bits per heavy atom. The number of carboxylic acids is 1. The average Bonchev–Trinajstić information content (AvgIpc) is 3.31. The van der Waals surface area contributed by atoms with Gasteiger partial charge in [0.05, 0.1) is 12.5 Å². The van der Waals surface area contributed by atoms with E-state index in [1.807, 2.05) is 30.3 Å². The molecule has 1 saturated carbocycles. The van der Waals surface area contributed by atoms with Crippen molar-refractivity contribution in [2.24, 2.45) is 5.92 Å². The van der Waals surface area contributed by atoms with Crippen molar-refractivity contribution in [3.8, 4) is 5.75 Å². The lowest BCUT2D eigenvalue weighted by Crippen LogP contribution is -2.29. The van der Waals surface area contributed by atoms with Crippen molar-refractivity contribution >= 4 is 39.1 Å². The standard InChI is InChI=1S/C32H42N2O7S/c1-21-27-20-26(40-25-15-18-42(38,39)19-16-25)12-13-28(27)41-31(21)30(22-6-4-3-5-7-22)33-24-10-8-23(9-11-24)32(37)34(2)17-14-29(35)36/h8-13,20,22,25,30,33,38-39H,3-7,14-19H2,1-2H3,(H,35,36). The lowest BCUT2D eigenvalue weighted by Gasteiger charge is -2.39. The van der Waals surface area contributed by atoms with Crippen LogP contribution in [0, 0.1) is 12.8 Å². The molecule has 4 N–H and O–H groups in total. The van der Waals surface area contributed by atoms with Gasteiger partial charge in [0.1, 0.15) is 23.2 Å². The van der Waals surface area contributed by atoms with Gasteiger partial charge < -0.3 is 24.5 Å². The fourth-order valence-electron chi connectivity index (χ4n) is 6.12. The van der Waals surface area contributed by atoms with Crippen LogP contribution in [0.5, 0.6) is 5.75 Å². The molecule has 2 aromatic carbocycles. The zero-order chi connectivity index (χ0) is 29.9. The van der Waals surface area contributed by atoms with Crippen LogP contribution in [0.3, 0.4) is 0 Å². The molecule has 0 spiro atoms. The van der Waals surface area contributed by atoms with E-state index < -0.39 is 16.6 Å². The van der Waals surface area contributed by atoms with Crippen LogP contribution in [-0.2, 0) is 4.79 Å². The number of hydrogen-bond donors (Lipinski definition) is 4. The summed E-state index contributed by atoms with van der Waals surface area (Å²) >= 11 is 0. The number of anilines is 1. The van der Waals surface area contributed by atoms with E-state index in [0.717, 1.165) is 46.6 Å². The first-order chi connectivity index (χ1) is 20.1. The normalized spacial score (nSPS) is 19.2. The highest BCUT2D eigenvalue weighted by molar-refractivity contribution is 8.24. The molecule has 1 aromatic heterocycles. The molecule has 1 aliphatic carbocycles. The first-order valence-electron chi connectivity index (χ1n) is 14.9. The summed E-state index contributed by atoms with van der Waals surface area (Å²) in [5, 5.41) is 13.7. The van der Waals surface area contributed by atoms with E-state index in [1.54, 1.807) is 19.2 Å². The minimum Gasteiger partial charge on any atom is -0.490 e. The molecule has 0 bridgehead atoms. The van der Waals surface area contributed by atoms with E-state index in [4.69, 9.17) is 14.3 Å². The maximum atomic E-state index is 12.8. The second-order valence-electron chi connectivity index (χ2n) is 11.7. The van der Waals surface area contributed by atoms with Crippen LogP contribution < -0.4 is 10.1 Å². The number of amides is 1. The van der Waals surface area contributed by atoms with Crippen molar-refractivity contribution < 1.29 is 33.0 Å². The van der Waals surface area contributed by atoms with E-state index in [2.05, 4.69) is 12.2 Å². The number of aliphatic carboxylic acids is 1. The second-order valence-corrected chi connectivity index (χ2v) is 14.2. The highest BCUT2D eigenvalue weighted by atomic mass is 32.3. The van der Waals surface area contributed by atoms with Gasteiger partial charge in [-0.05, 0) is 68.1 Å². The van der Waals surface area contributed by atoms with E-state index in [9.17, 15) is 18.7 Å². The lowest BCUT2D eigenvalue weighted by molar-refractivity contribution is -0.137. The fourth-order valence-corrected chi connectivity index (χ4v) is 7.61. The molecule has 1 atom stereocenters. The summed E-state index contributed by atoms with van der Waals surface area (Å²) in [6, 6.07) is 13.2. The van der Waals surface area contributed by atoms with Crippen LogP contribution in [0.25, 0.3) is 11.0 Å². The molecule has 42 heavy (non-hydrogen) atoms. The zero-order valence-corrected chi connectivity index (χ0v) is 25.2. The van der Waals surface area contributed by atoms with Gasteiger partial charge in [-0.25, -0.2) is 0 Å². The zero-order valence-electron chi connectivity index (χ0n) is 24.4. The molecule has 3 aromatic rings. The van der Waals surface area contributed by atoms with Crippen molar-refractivity contribution in [3.63, 3.8) is 0 Å². The van der Waals surface area contributed by atoms with Crippen LogP contribution in [0.1, 0.15) is 79.1 Å². The Kier molecular flexibility index (Phi) is 9.35. The summed E-state index contributed by atoms with van der Waals surface area (Å²) in [6.45, 7) is 2.25. The molecule has 1 amide bonds. The van der Waals surface area contributed by atoms with E-state index in [0.29, 0.717) is 35.8 Å².